The third-order valence-electron chi connectivity index (χ3n) is 9.97. The van der Waals surface area contributed by atoms with Gasteiger partial charge in [-0.1, -0.05) is 30.3 Å². The van der Waals surface area contributed by atoms with Crippen LogP contribution in [-0.2, 0) is 32.2 Å². The highest BCUT2D eigenvalue weighted by Crippen LogP contribution is 2.26. The molecule has 0 aliphatic carbocycles. The van der Waals surface area contributed by atoms with Crippen LogP contribution in [-0.4, -0.2) is 138 Å². The number of benzene rings is 2. The van der Waals surface area contributed by atoms with Gasteiger partial charge in [0.15, 0.2) is 0 Å². The lowest BCUT2D eigenvalue weighted by molar-refractivity contribution is -0.148. The van der Waals surface area contributed by atoms with Crippen LogP contribution in [0, 0.1) is 0 Å². The summed E-state index contributed by atoms with van der Waals surface area (Å²) in [6.07, 6.45) is 0.340. The molecule has 2 unspecified atom stereocenters. The lowest BCUT2D eigenvalue weighted by atomic mass is 10.1. The molecule has 3 aliphatic rings. The molecule has 3 aliphatic heterocycles. The second-order valence-corrected chi connectivity index (χ2v) is 13.1. The van der Waals surface area contributed by atoms with E-state index in [1.54, 1.807) is 48.5 Å². The Kier molecular flexibility index (Phi) is 11.2. The third-order valence-corrected chi connectivity index (χ3v) is 9.97. The highest BCUT2D eigenvalue weighted by Gasteiger charge is 2.39. The molecule has 0 radical (unpaired) electrons. The number of carbonyl (C=O) groups is 6. The van der Waals surface area contributed by atoms with Crippen LogP contribution in [0.1, 0.15) is 65.7 Å². The van der Waals surface area contributed by atoms with Gasteiger partial charge in [-0.2, -0.15) is 0 Å². The Balaban J connectivity index is 1.20. The van der Waals surface area contributed by atoms with Gasteiger partial charge in [0.05, 0.1) is 47.9 Å². The maximum Gasteiger partial charge on any atom is 0.323 e. The molecule has 4 amide bonds. The molecule has 6 rings (SSSR count). The summed E-state index contributed by atoms with van der Waals surface area (Å²) in [6.45, 7) is 2.58. The summed E-state index contributed by atoms with van der Waals surface area (Å²) >= 11 is 0. The monoisotopic (exact) mass is 710 g/mol. The van der Waals surface area contributed by atoms with Gasteiger partial charge in [-0.25, -0.2) is 0 Å². The number of amides is 4. The fourth-order valence-electron chi connectivity index (χ4n) is 7.08. The zero-order chi connectivity index (χ0) is 36.9. The minimum atomic E-state index is -0.765. The first-order chi connectivity index (χ1) is 25.1. The number of fused-ring (bicyclic) bond motifs is 4. The van der Waals surface area contributed by atoms with Crippen LogP contribution in [0.3, 0.4) is 0 Å². The van der Waals surface area contributed by atoms with Crippen LogP contribution in [0.15, 0.2) is 66.7 Å². The molecule has 0 N–H and O–H groups in total. The first-order valence-corrected chi connectivity index (χ1v) is 17.3. The molecule has 4 heterocycles. The van der Waals surface area contributed by atoms with Crippen molar-refractivity contribution in [3.8, 4) is 0 Å². The molecule has 52 heavy (non-hydrogen) atoms. The molecule has 2 atom stereocenters. The van der Waals surface area contributed by atoms with Gasteiger partial charge in [0.1, 0.15) is 12.1 Å². The van der Waals surface area contributed by atoms with E-state index in [1.165, 1.54) is 24.0 Å². The van der Waals surface area contributed by atoms with Gasteiger partial charge in [0.2, 0.25) is 0 Å². The van der Waals surface area contributed by atoms with Gasteiger partial charge in [0, 0.05) is 52.4 Å². The van der Waals surface area contributed by atoms with E-state index in [2.05, 4.69) is 4.90 Å². The Labute approximate surface area is 301 Å². The van der Waals surface area contributed by atoms with E-state index in [4.69, 9.17) is 14.5 Å². The Hall–Kier alpha value is -5.31. The molecule has 14 nitrogen and oxygen atoms in total. The Morgan fingerprint density at radius 3 is 1.31 bits per heavy atom. The Morgan fingerprint density at radius 2 is 0.962 bits per heavy atom. The van der Waals surface area contributed by atoms with E-state index in [0.29, 0.717) is 59.8 Å². The number of carbonyl (C=O) groups excluding carboxylic acids is 6. The number of hydrogen-bond acceptors (Lipinski definition) is 12. The first-order valence-electron chi connectivity index (χ1n) is 17.3. The van der Waals surface area contributed by atoms with Crippen molar-refractivity contribution < 1.29 is 38.2 Å². The zero-order valence-electron chi connectivity index (χ0n) is 29.5. The molecule has 14 heteroatoms. The van der Waals surface area contributed by atoms with Crippen molar-refractivity contribution >= 4 is 35.6 Å². The van der Waals surface area contributed by atoms with Crippen LogP contribution in [0.4, 0.5) is 0 Å². The predicted octanol–water partition coefficient (Wildman–Crippen LogP) is 2.09. The SMILES string of the molecule is COC(=O)C(CCN1C(=O)c2ccccc2C1=O)N1CCN(C)CCN(C(CCN2C(=O)c3ccccc3C2=O)C(=O)OC)Cc2cccc(n2)C1. The zero-order valence-corrected chi connectivity index (χ0v) is 29.5. The second-order valence-electron chi connectivity index (χ2n) is 13.1. The number of hydrogen-bond donors (Lipinski definition) is 0. The van der Waals surface area contributed by atoms with Gasteiger partial charge in [-0.05, 0) is 56.3 Å². The smallest absolute Gasteiger partial charge is 0.323 e. The van der Waals surface area contributed by atoms with Gasteiger partial charge in [-0.3, -0.25) is 53.4 Å². The number of rotatable bonds is 10. The van der Waals surface area contributed by atoms with Crippen LogP contribution in [0.5, 0.6) is 0 Å². The minimum absolute atomic E-state index is 0.0382. The molecule has 0 saturated carbocycles. The third kappa shape index (κ3) is 7.49. The van der Waals surface area contributed by atoms with Crippen molar-refractivity contribution in [1.82, 2.24) is 29.5 Å². The molecule has 0 fully saturated rings. The van der Waals surface area contributed by atoms with Gasteiger partial charge in [0.25, 0.3) is 23.6 Å². The van der Waals surface area contributed by atoms with Crippen molar-refractivity contribution in [2.45, 2.75) is 38.0 Å². The molecule has 0 saturated heterocycles. The second kappa shape index (κ2) is 15.9. The summed E-state index contributed by atoms with van der Waals surface area (Å²) in [7, 11) is 4.58. The average molecular weight is 711 g/mol. The van der Waals surface area contributed by atoms with Crippen molar-refractivity contribution in [1.29, 1.82) is 0 Å². The fourth-order valence-corrected chi connectivity index (χ4v) is 7.08. The van der Waals surface area contributed by atoms with E-state index in [-0.39, 0.29) is 62.6 Å². The lowest BCUT2D eigenvalue weighted by Gasteiger charge is -2.35. The van der Waals surface area contributed by atoms with Crippen LogP contribution in [0.2, 0.25) is 0 Å². The van der Waals surface area contributed by atoms with E-state index in [9.17, 15) is 28.8 Å². The number of pyridine rings is 1. The van der Waals surface area contributed by atoms with Crippen molar-refractivity contribution in [2.75, 3.05) is 60.5 Å². The molecule has 2 bridgehead atoms. The number of nitrogens with zero attached hydrogens (tertiary/aromatic N) is 6. The summed E-state index contributed by atoms with van der Waals surface area (Å²) in [5.74, 6) is -2.49. The highest BCUT2D eigenvalue weighted by molar-refractivity contribution is 6.22. The number of esters is 2. The largest absolute Gasteiger partial charge is 0.468 e. The first kappa shape index (κ1) is 36.5. The molecule has 0 spiro atoms. The molecule has 272 valence electrons. The molecular formula is C38H42N6O8. The number of methoxy groups -OCH3 is 2. The van der Waals surface area contributed by atoms with Gasteiger partial charge in [-0.15, -0.1) is 0 Å². The fraction of sp³-hybridized carbons (Fsp3) is 0.395. The number of aromatic nitrogens is 1. The predicted molar refractivity (Wildman–Crippen MR) is 187 cm³/mol. The maximum atomic E-state index is 13.3. The average Bonchev–Trinajstić information content (AvgIpc) is 3.55. The Bertz CT molecular complexity index is 1680. The van der Waals surface area contributed by atoms with Crippen molar-refractivity contribution in [2.24, 2.45) is 0 Å². The van der Waals surface area contributed by atoms with E-state index >= 15 is 0 Å². The van der Waals surface area contributed by atoms with Crippen LogP contribution < -0.4 is 0 Å². The van der Waals surface area contributed by atoms with E-state index in [0.717, 1.165) is 0 Å². The number of likely N-dealkylation sites (N-methyl/N-ethyl adjacent to an activating group) is 1. The van der Waals surface area contributed by atoms with E-state index < -0.39 is 24.0 Å². The molecule has 1 aromatic heterocycles. The molecule has 2 aromatic carbocycles. The minimum Gasteiger partial charge on any atom is -0.468 e. The summed E-state index contributed by atoms with van der Waals surface area (Å²) in [4.78, 5) is 92.1. The molecule has 3 aromatic rings. The highest BCUT2D eigenvalue weighted by atomic mass is 16.5. The van der Waals surface area contributed by atoms with Gasteiger partial charge < -0.3 is 14.4 Å². The summed E-state index contributed by atoms with van der Waals surface area (Å²) in [5, 5.41) is 0. The number of ether oxygens (including phenoxy) is 2. The van der Waals surface area contributed by atoms with E-state index in [1.807, 2.05) is 35.0 Å². The van der Waals surface area contributed by atoms with Crippen LogP contribution in [0.25, 0.3) is 0 Å². The van der Waals surface area contributed by atoms with Gasteiger partial charge >= 0.3 is 11.9 Å². The summed E-state index contributed by atoms with van der Waals surface area (Å²) < 4.78 is 10.4. The quantitative estimate of drug-likeness (QED) is 0.224. The topological polar surface area (TPSA) is 150 Å². The maximum absolute atomic E-state index is 13.3. The van der Waals surface area contributed by atoms with Crippen molar-refractivity contribution in [3.63, 3.8) is 0 Å². The van der Waals surface area contributed by atoms with Crippen LogP contribution >= 0.6 is 0 Å². The Morgan fingerprint density at radius 1 is 0.596 bits per heavy atom. The van der Waals surface area contributed by atoms with Crippen molar-refractivity contribution in [3.05, 3.63) is 100 Å². The lowest BCUT2D eigenvalue weighted by Crippen LogP contribution is -2.49. The summed E-state index contributed by atoms with van der Waals surface area (Å²) in [5.41, 5.74) is 2.75. The molecular weight excluding hydrogens is 668 g/mol. The normalized spacial score (nSPS) is 18.4. The number of imide groups is 2. The standard InChI is InChI=1S/C38H42N6O8/c1-40-19-21-41(31(37(49)51-2)15-17-43-33(45)27-11-4-5-12-28(27)34(43)46)23-25-9-8-10-26(39-25)24-42(22-20-40)32(38(50)52-3)16-18-44-35(47)29-13-6-7-14-30(29)36(44)48/h4-14,31-32H,15-24H2,1-3H3. The summed E-state index contributed by atoms with van der Waals surface area (Å²) in [6, 6.07) is 17.4.